The molecular weight excluding hydrogens is 398 g/mol. The Morgan fingerprint density at radius 1 is 1.11 bits per heavy atom. The molecule has 0 N–H and O–H groups in total. The highest BCUT2D eigenvalue weighted by molar-refractivity contribution is 7.15. The number of halogens is 1. The molecule has 0 radical (unpaired) electrons. The standard InChI is InChI=1S/C21H20ClNO4S/c1-13-19(11-20(24)27-12-14-4-7-16(25-2)8-5-14)28-21(23-13)17-9-6-15(22)10-18(17)26-3/h4-10H,11-12H2,1-3H3. The molecule has 146 valence electrons. The second-order valence-electron chi connectivity index (χ2n) is 6.06. The summed E-state index contributed by atoms with van der Waals surface area (Å²) in [5.41, 5.74) is 2.55. The number of carbonyl (C=O) groups is 1. The molecule has 0 aliphatic carbocycles. The average molecular weight is 418 g/mol. The van der Waals surface area contributed by atoms with Crippen molar-refractivity contribution in [3.8, 4) is 22.1 Å². The van der Waals surface area contributed by atoms with Gasteiger partial charge in [-0.15, -0.1) is 11.3 Å². The van der Waals surface area contributed by atoms with Crippen LogP contribution in [0.5, 0.6) is 11.5 Å². The lowest BCUT2D eigenvalue weighted by Gasteiger charge is -2.06. The van der Waals surface area contributed by atoms with Crippen LogP contribution in [0.1, 0.15) is 16.1 Å². The molecule has 0 unspecified atom stereocenters. The summed E-state index contributed by atoms with van der Waals surface area (Å²) in [7, 11) is 3.20. The van der Waals surface area contributed by atoms with E-state index in [1.807, 2.05) is 37.3 Å². The van der Waals surface area contributed by atoms with Gasteiger partial charge in [0.1, 0.15) is 23.1 Å². The maximum atomic E-state index is 12.3. The molecule has 7 heteroatoms. The summed E-state index contributed by atoms with van der Waals surface area (Å²) in [6.07, 6.45) is 0.176. The van der Waals surface area contributed by atoms with E-state index in [1.165, 1.54) is 11.3 Å². The zero-order chi connectivity index (χ0) is 20.1. The van der Waals surface area contributed by atoms with E-state index in [2.05, 4.69) is 4.98 Å². The van der Waals surface area contributed by atoms with Gasteiger partial charge in [-0.1, -0.05) is 23.7 Å². The quantitative estimate of drug-likeness (QED) is 0.502. The molecule has 0 aliphatic heterocycles. The van der Waals surface area contributed by atoms with Crippen LogP contribution in [0.2, 0.25) is 5.02 Å². The summed E-state index contributed by atoms with van der Waals surface area (Å²) in [4.78, 5) is 17.7. The number of ether oxygens (including phenoxy) is 3. The van der Waals surface area contributed by atoms with Crippen molar-refractivity contribution < 1.29 is 19.0 Å². The minimum absolute atomic E-state index is 0.176. The van der Waals surface area contributed by atoms with Crippen molar-refractivity contribution in [3.05, 3.63) is 63.6 Å². The van der Waals surface area contributed by atoms with Gasteiger partial charge in [0.05, 0.1) is 31.9 Å². The Kier molecular flexibility index (Phi) is 6.54. The van der Waals surface area contributed by atoms with E-state index >= 15 is 0 Å². The third kappa shape index (κ3) is 4.82. The van der Waals surface area contributed by atoms with Gasteiger partial charge in [-0.3, -0.25) is 4.79 Å². The first-order chi connectivity index (χ1) is 13.5. The molecule has 0 fully saturated rings. The Hall–Kier alpha value is -2.57. The van der Waals surface area contributed by atoms with Crippen LogP contribution in [0.25, 0.3) is 10.6 Å². The van der Waals surface area contributed by atoms with Gasteiger partial charge in [0.2, 0.25) is 0 Å². The molecule has 2 aromatic carbocycles. The normalized spacial score (nSPS) is 10.6. The van der Waals surface area contributed by atoms with Crippen LogP contribution in [-0.4, -0.2) is 25.2 Å². The lowest BCUT2D eigenvalue weighted by Crippen LogP contribution is -2.07. The number of benzene rings is 2. The number of hydrogen-bond donors (Lipinski definition) is 0. The second-order valence-corrected chi connectivity index (χ2v) is 7.58. The van der Waals surface area contributed by atoms with Crippen LogP contribution < -0.4 is 9.47 Å². The molecule has 0 saturated carbocycles. The summed E-state index contributed by atoms with van der Waals surface area (Å²) in [6.45, 7) is 2.10. The van der Waals surface area contributed by atoms with Gasteiger partial charge in [0, 0.05) is 9.90 Å². The van der Waals surface area contributed by atoms with E-state index in [-0.39, 0.29) is 19.0 Å². The zero-order valence-corrected chi connectivity index (χ0v) is 17.4. The van der Waals surface area contributed by atoms with Crippen LogP contribution in [0, 0.1) is 6.92 Å². The van der Waals surface area contributed by atoms with Crippen molar-refractivity contribution in [3.63, 3.8) is 0 Å². The van der Waals surface area contributed by atoms with Gasteiger partial charge in [-0.25, -0.2) is 4.98 Å². The summed E-state index contributed by atoms with van der Waals surface area (Å²) in [6, 6.07) is 12.8. The fourth-order valence-corrected chi connectivity index (χ4v) is 3.86. The Morgan fingerprint density at radius 2 is 1.86 bits per heavy atom. The Morgan fingerprint density at radius 3 is 2.54 bits per heavy atom. The van der Waals surface area contributed by atoms with Crippen LogP contribution in [0.15, 0.2) is 42.5 Å². The van der Waals surface area contributed by atoms with Crippen molar-refractivity contribution in [2.24, 2.45) is 0 Å². The predicted molar refractivity (Wildman–Crippen MR) is 110 cm³/mol. The maximum absolute atomic E-state index is 12.3. The van der Waals surface area contributed by atoms with Crippen molar-refractivity contribution >= 4 is 28.9 Å². The number of esters is 1. The number of carbonyl (C=O) groups excluding carboxylic acids is 1. The molecule has 1 aromatic heterocycles. The van der Waals surface area contributed by atoms with Crippen LogP contribution >= 0.6 is 22.9 Å². The zero-order valence-electron chi connectivity index (χ0n) is 15.8. The predicted octanol–water partition coefficient (Wildman–Crippen LogP) is 5.08. The van der Waals surface area contributed by atoms with Gasteiger partial charge in [0.25, 0.3) is 0 Å². The van der Waals surface area contributed by atoms with Gasteiger partial charge in [0.15, 0.2) is 0 Å². The SMILES string of the molecule is COc1ccc(COC(=O)Cc2sc(-c3ccc(Cl)cc3OC)nc2C)cc1. The van der Waals surface area contributed by atoms with Crippen molar-refractivity contribution in [1.82, 2.24) is 4.98 Å². The fraction of sp³-hybridized carbons (Fsp3) is 0.238. The van der Waals surface area contributed by atoms with Crippen molar-refractivity contribution in [2.75, 3.05) is 14.2 Å². The molecule has 0 atom stereocenters. The highest BCUT2D eigenvalue weighted by Crippen LogP contribution is 2.36. The maximum Gasteiger partial charge on any atom is 0.311 e. The van der Waals surface area contributed by atoms with Gasteiger partial charge in [-0.2, -0.15) is 0 Å². The number of hydrogen-bond acceptors (Lipinski definition) is 6. The first-order valence-electron chi connectivity index (χ1n) is 8.59. The first-order valence-corrected chi connectivity index (χ1v) is 9.78. The molecule has 28 heavy (non-hydrogen) atoms. The molecule has 0 spiro atoms. The fourth-order valence-electron chi connectivity index (χ4n) is 2.62. The number of thiazole rings is 1. The van der Waals surface area contributed by atoms with Gasteiger partial charge in [-0.05, 0) is 42.8 Å². The summed E-state index contributed by atoms with van der Waals surface area (Å²) < 4.78 is 15.9. The van der Waals surface area contributed by atoms with Gasteiger partial charge < -0.3 is 14.2 Å². The topological polar surface area (TPSA) is 57.7 Å². The van der Waals surface area contributed by atoms with E-state index in [1.54, 1.807) is 26.4 Å². The summed E-state index contributed by atoms with van der Waals surface area (Å²) >= 11 is 7.48. The number of nitrogens with zero attached hydrogens (tertiary/aromatic N) is 1. The highest BCUT2D eigenvalue weighted by atomic mass is 35.5. The number of aromatic nitrogens is 1. The Labute approximate surface area is 172 Å². The minimum Gasteiger partial charge on any atom is -0.497 e. The lowest BCUT2D eigenvalue weighted by atomic mass is 10.2. The molecule has 3 aromatic rings. The molecule has 3 rings (SSSR count). The first kappa shape index (κ1) is 20.2. The highest BCUT2D eigenvalue weighted by Gasteiger charge is 2.16. The van der Waals surface area contributed by atoms with E-state index in [4.69, 9.17) is 25.8 Å². The average Bonchev–Trinajstić information content (AvgIpc) is 3.06. The van der Waals surface area contributed by atoms with Crippen LogP contribution in [0.4, 0.5) is 0 Å². The van der Waals surface area contributed by atoms with Crippen molar-refractivity contribution in [2.45, 2.75) is 20.0 Å². The smallest absolute Gasteiger partial charge is 0.311 e. The molecule has 0 saturated heterocycles. The lowest BCUT2D eigenvalue weighted by molar-refractivity contribution is -0.144. The van der Waals surface area contributed by atoms with E-state index < -0.39 is 0 Å². The Balaban J connectivity index is 1.67. The van der Waals surface area contributed by atoms with Crippen LogP contribution in [0.3, 0.4) is 0 Å². The Bertz CT molecular complexity index is 969. The van der Waals surface area contributed by atoms with E-state index in [9.17, 15) is 4.79 Å². The largest absolute Gasteiger partial charge is 0.497 e. The second kappa shape index (κ2) is 9.08. The summed E-state index contributed by atoms with van der Waals surface area (Å²) in [5, 5.41) is 1.38. The third-order valence-electron chi connectivity index (χ3n) is 4.15. The number of rotatable bonds is 7. The molecule has 5 nitrogen and oxygen atoms in total. The number of methoxy groups -OCH3 is 2. The monoisotopic (exact) mass is 417 g/mol. The number of aryl methyl sites for hydroxylation is 1. The molecule has 0 amide bonds. The van der Waals surface area contributed by atoms with Crippen molar-refractivity contribution in [1.29, 1.82) is 0 Å². The molecule has 0 bridgehead atoms. The third-order valence-corrected chi connectivity index (χ3v) is 5.58. The molecular formula is C21H20ClNO4S. The minimum atomic E-state index is -0.294. The van der Waals surface area contributed by atoms with Crippen LogP contribution in [-0.2, 0) is 22.6 Å². The summed E-state index contributed by atoms with van der Waals surface area (Å²) in [5.74, 6) is 1.12. The molecule has 1 heterocycles. The molecule has 0 aliphatic rings. The van der Waals surface area contributed by atoms with E-state index in [0.717, 1.165) is 32.5 Å². The van der Waals surface area contributed by atoms with E-state index in [0.29, 0.717) is 10.8 Å². The van der Waals surface area contributed by atoms with Gasteiger partial charge >= 0.3 is 5.97 Å².